The summed E-state index contributed by atoms with van der Waals surface area (Å²) in [4.78, 5) is 23.0. The first-order chi connectivity index (χ1) is 10.3. The molecule has 0 bridgehead atoms. The van der Waals surface area contributed by atoms with Crippen LogP contribution in [0, 0.1) is 0 Å². The molecule has 1 fully saturated rings. The molecule has 1 saturated heterocycles. The molecule has 21 heavy (non-hydrogen) atoms. The smallest absolute Gasteiger partial charge is 0.255 e. The predicted molar refractivity (Wildman–Crippen MR) is 82.1 cm³/mol. The van der Waals surface area contributed by atoms with Crippen molar-refractivity contribution in [3.63, 3.8) is 0 Å². The summed E-state index contributed by atoms with van der Waals surface area (Å²) in [6.07, 6.45) is 6.87. The highest BCUT2D eigenvalue weighted by Crippen LogP contribution is 2.16. The third kappa shape index (κ3) is 3.03. The van der Waals surface area contributed by atoms with Crippen LogP contribution in [0.15, 0.2) is 30.6 Å². The van der Waals surface area contributed by atoms with Crippen molar-refractivity contribution in [3.05, 3.63) is 36.2 Å². The molecule has 5 nitrogen and oxygen atoms in total. The molecule has 0 saturated carbocycles. The van der Waals surface area contributed by atoms with E-state index < -0.39 is 0 Å². The summed E-state index contributed by atoms with van der Waals surface area (Å²) in [5.74, 6) is 0.00785. The maximum Gasteiger partial charge on any atom is 0.255 e. The second-order valence-corrected chi connectivity index (χ2v) is 5.56. The first-order valence-corrected chi connectivity index (χ1v) is 7.44. The summed E-state index contributed by atoms with van der Waals surface area (Å²) >= 11 is 0. The van der Waals surface area contributed by atoms with Gasteiger partial charge in [-0.15, -0.1) is 0 Å². The number of hydrogen-bond acceptors (Lipinski definition) is 4. The van der Waals surface area contributed by atoms with Gasteiger partial charge in [-0.25, -0.2) is 0 Å². The SMILES string of the molecule is CN(CC1CCCCN1)C(=O)c1cccc2nccnc12. The van der Waals surface area contributed by atoms with Crippen molar-refractivity contribution in [2.24, 2.45) is 0 Å². The van der Waals surface area contributed by atoms with E-state index in [0.29, 0.717) is 17.1 Å². The van der Waals surface area contributed by atoms with Crippen molar-refractivity contribution < 1.29 is 4.79 Å². The molecule has 0 spiro atoms. The number of amides is 1. The largest absolute Gasteiger partial charge is 0.340 e. The van der Waals surface area contributed by atoms with Crippen LogP contribution >= 0.6 is 0 Å². The van der Waals surface area contributed by atoms with E-state index in [2.05, 4.69) is 15.3 Å². The predicted octanol–water partition coefficient (Wildman–Crippen LogP) is 1.84. The van der Waals surface area contributed by atoms with E-state index in [0.717, 1.165) is 25.0 Å². The Bertz CT molecular complexity index is 632. The quantitative estimate of drug-likeness (QED) is 0.934. The van der Waals surface area contributed by atoms with Gasteiger partial charge in [0.2, 0.25) is 0 Å². The number of aromatic nitrogens is 2. The first-order valence-electron chi connectivity index (χ1n) is 7.44. The molecule has 1 aromatic carbocycles. The van der Waals surface area contributed by atoms with Crippen molar-refractivity contribution in [1.29, 1.82) is 0 Å². The lowest BCUT2D eigenvalue weighted by molar-refractivity contribution is 0.0777. The molecule has 2 aromatic rings. The Morgan fingerprint density at radius 3 is 3.00 bits per heavy atom. The van der Waals surface area contributed by atoms with Gasteiger partial charge >= 0.3 is 0 Å². The summed E-state index contributed by atoms with van der Waals surface area (Å²) in [5, 5.41) is 3.47. The van der Waals surface area contributed by atoms with Gasteiger partial charge in [-0.1, -0.05) is 12.5 Å². The number of likely N-dealkylation sites (N-methyl/N-ethyl adjacent to an activating group) is 1. The van der Waals surface area contributed by atoms with Gasteiger partial charge < -0.3 is 10.2 Å². The highest BCUT2D eigenvalue weighted by Gasteiger charge is 2.20. The number of fused-ring (bicyclic) bond motifs is 1. The Morgan fingerprint density at radius 1 is 1.33 bits per heavy atom. The first kappa shape index (κ1) is 13.9. The fourth-order valence-electron chi connectivity index (χ4n) is 2.86. The van der Waals surface area contributed by atoms with Crippen LogP contribution in [0.4, 0.5) is 0 Å². The van der Waals surface area contributed by atoms with Crippen LogP contribution in [0.25, 0.3) is 11.0 Å². The molecule has 2 heterocycles. The molecule has 1 atom stereocenters. The molecule has 1 aliphatic rings. The summed E-state index contributed by atoms with van der Waals surface area (Å²) in [5.41, 5.74) is 2.06. The summed E-state index contributed by atoms with van der Waals surface area (Å²) in [6, 6.07) is 5.96. The van der Waals surface area contributed by atoms with Crippen LogP contribution in [-0.4, -0.2) is 47.0 Å². The number of piperidine rings is 1. The van der Waals surface area contributed by atoms with Crippen LogP contribution in [0.1, 0.15) is 29.6 Å². The van der Waals surface area contributed by atoms with Gasteiger partial charge in [0.25, 0.3) is 5.91 Å². The van der Waals surface area contributed by atoms with E-state index in [-0.39, 0.29) is 5.91 Å². The van der Waals surface area contributed by atoms with Gasteiger partial charge in [0.1, 0.15) is 5.52 Å². The van der Waals surface area contributed by atoms with Crippen LogP contribution < -0.4 is 5.32 Å². The number of rotatable bonds is 3. The molecule has 110 valence electrons. The lowest BCUT2D eigenvalue weighted by atomic mass is 10.0. The number of carbonyl (C=O) groups is 1. The summed E-state index contributed by atoms with van der Waals surface area (Å²) < 4.78 is 0. The van der Waals surface area contributed by atoms with Gasteiger partial charge in [-0.2, -0.15) is 0 Å². The number of nitrogens with zero attached hydrogens (tertiary/aromatic N) is 3. The van der Waals surface area contributed by atoms with Gasteiger partial charge in [0.15, 0.2) is 0 Å². The van der Waals surface area contributed by atoms with Gasteiger partial charge in [0.05, 0.1) is 11.1 Å². The third-order valence-electron chi connectivity index (χ3n) is 3.98. The fourth-order valence-corrected chi connectivity index (χ4v) is 2.86. The molecule has 1 aliphatic heterocycles. The summed E-state index contributed by atoms with van der Waals surface area (Å²) in [6.45, 7) is 1.78. The monoisotopic (exact) mass is 284 g/mol. The highest BCUT2D eigenvalue weighted by atomic mass is 16.2. The van der Waals surface area contributed by atoms with E-state index in [1.165, 1.54) is 12.8 Å². The minimum Gasteiger partial charge on any atom is -0.340 e. The Morgan fingerprint density at radius 2 is 2.19 bits per heavy atom. The van der Waals surface area contributed by atoms with E-state index in [4.69, 9.17) is 0 Å². The maximum atomic E-state index is 12.7. The van der Waals surface area contributed by atoms with Gasteiger partial charge in [-0.3, -0.25) is 14.8 Å². The van der Waals surface area contributed by atoms with Crippen LogP contribution in [0.2, 0.25) is 0 Å². The molecular formula is C16H20N4O. The fraction of sp³-hybridized carbons (Fsp3) is 0.438. The lowest BCUT2D eigenvalue weighted by Gasteiger charge is -2.28. The molecule has 5 heteroatoms. The van der Waals surface area contributed by atoms with Crippen LogP contribution in [-0.2, 0) is 0 Å². The van der Waals surface area contributed by atoms with Crippen molar-refractivity contribution >= 4 is 16.9 Å². The number of para-hydroxylation sites is 1. The molecule has 3 rings (SSSR count). The Labute approximate surface area is 124 Å². The minimum absolute atomic E-state index is 0.00785. The van der Waals surface area contributed by atoms with Crippen molar-refractivity contribution in [1.82, 2.24) is 20.2 Å². The Kier molecular flexibility index (Phi) is 4.10. The lowest BCUT2D eigenvalue weighted by Crippen LogP contribution is -2.44. The van der Waals surface area contributed by atoms with E-state index >= 15 is 0 Å². The zero-order valence-corrected chi connectivity index (χ0v) is 12.2. The molecule has 1 amide bonds. The third-order valence-corrected chi connectivity index (χ3v) is 3.98. The van der Waals surface area contributed by atoms with Crippen molar-refractivity contribution in [2.45, 2.75) is 25.3 Å². The maximum absolute atomic E-state index is 12.7. The van der Waals surface area contributed by atoms with Gasteiger partial charge in [-0.05, 0) is 31.5 Å². The Hall–Kier alpha value is -2.01. The molecule has 1 aromatic heterocycles. The highest BCUT2D eigenvalue weighted by molar-refractivity contribution is 6.04. The zero-order valence-electron chi connectivity index (χ0n) is 12.2. The van der Waals surface area contributed by atoms with Crippen molar-refractivity contribution in [2.75, 3.05) is 20.1 Å². The molecule has 0 aliphatic carbocycles. The second kappa shape index (κ2) is 6.18. The Balaban J connectivity index is 1.79. The average molecular weight is 284 g/mol. The standard InChI is InChI=1S/C16H20N4O/c1-20(11-12-5-2-3-8-17-12)16(21)13-6-4-7-14-15(13)19-10-9-18-14/h4,6-7,9-10,12,17H,2-3,5,8,11H2,1H3. The molecule has 0 radical (unpaired) electrons. The second-order valence-electron chi connectivity index (χ2n) is 5.56. The zero-order chi connectivity index (χ0) is 14.7. The van der Waals surface area contributed by atoms with Crippen molar-refractivity contribution in [3.8, 4) is 0 Å². The normalized spacial score (nSPS) is 18.6. The van der Waals surface area contributed by atoms with Crippen LogP contribution in [0.3, 0.4) is 0 Å². The summed E-state index contributed by atoms with van der Waals surface area (Å²) in [7, 11) is 1.85. The number of carbonyl (C=O) groups excluding carboxylic acids is 1. The number of hydrogen-bond donors (Lipinski definition) is 1. The van der Waals surface area contributed by atoms with Crippen LogP contribution in [0.5, 0.6) is 0 Å². The average Bonchev–Trinajstić information content (AvgIpc) is 2.54. The van der Waals surface area contributed by atoms with E-state index in [1.54, 1.807) is 17.3 Å². The van der Waals surface area contributed by atoms with E-state index in [1.807, 2.05) is 25.2 Å². The molecule has 1 N–H and O–H groups in total. The van der Waals surface area contributed by atoms with Gasteiger partial charge in [0, 0.05) is 32.0 Å². The van der Waals surface area contributed by atoms with E-state index in [9.17, 15) is 4.79 Å². The topological polar surface area (TPSA) is 58.1 Å². The molecule has 1 unspecified atom stereocenters. The number of nitrogens with one attached hydrogen (secondary N) is 1. The number of benzene rings is 1. The minimum atomic E-state index is 0.00785. The molecular weight excluding hydrogens is 264 g/mol.